The van der Waals surface area contributed by atoms with Gasteiger partial charge in [-0.05, 0) is 67.6 Å². The molecule has 0 aliphatic carbocycles. The Kier molecular flexibility index (Phi) is 6.63. The molecule has 0 aliphatic rings. The van der Waals surface area contributed by atoms with Crippen molar-refractivity contribution in [1.82, 2.24) is 0 Å². The smallest absolute Gasteiger partial charge is 0.387 e. The van der Waals surface area contributed by atoms with Gasteiger partial charge in [0.2, 0.25) is 0 Å². The van der Waals surface area contributed by atoms with Crippen LogP contribution in [-0.4, -0.2) is 19.1 Å². The van der Waals surface area contributed by atoms with E-state index >= 15 is 0 Å². The monoisotopic (exact) mass is 399 g/mol. The number of carbonyl (C=O) groups excluding carboxylic acids is 1. The largest absolute Gasteiger partial charge is 0.494 e. The quantitative estimate of drug-likeness (QED) is 0.525. The first kappa shape index (κ1) is 20.1. The number of hydrogen-bond acceptors (Lipinski definition) is 4. The summed E-state index contributed by atoms with van der Waals surface area (Å²) in [4.78, 5) is 12.5. The van der Waals surface area contributed by atoms with Gasteiger partial charge in [-0.1, -0.05) is 12.1 Å². The fourth-order valence-corrected chi connectivity index (χ4v) is 2.54. The summed E-state index contributed by atoms with van der Waals surface area (Å²) < 4.78 is 40.0. The zero-order valence-electron chi connectivity index (χ0n) is 15.6. The van der Waals surface area contributed by atoms with Crippen molar-refractivity contribution in [2.24, 2.45) is 0 Å². The lowest BCUT2D eigenvalue weighted by molar-refractivity contribution is -0.0498. The van der Waals surface area contributed by atoms with E-state index < -0.39 is 12.5 Å². The lowest BCUT2D eigenvalue weighted by Gasteiger charge is -2.13. The fourth-order valence-electron chi connectivity index (χ4n) is 2.54. The summed E-state index contributed by atoms with van der Waals surface area (Å²) in [6, 6.07) is 19.5. The second-order valence-corrected chi connectivity index (χ2v) is 5.86. The van der Waals surface area contributed by atoms with Crippen LogP contribution in [0.5, 0.6) is 23.0 Å². The van der Waals surface area contributed by atoms with E-state index in [9.17, 15) is 13.6 Å². The Balaban J connectivity index is 1.70. The molecular formula is C22H19F2NO4. The third-order valence-electron chi connectivity index (χ3n) is 3.84. The molecule has 5 nitrogen and oxygen atoms in total. The number of hydrogen-bond donors (Lipinski definition) is 1. The van der Waals surface area contributed by atoms with E-state index in [1.54, 1.807) is 48.5 Å². The molecule has 0 aliphatic heterocycles. The molecule has 3 rings (SSSR count). The Morgan fingerprint density at radius 2 is 1.52 bits per heavy atom. The number of rotatable bonds is 8. The molecule has 150 valence electrons. The van der Waals surface area contributed by atoms with Gasteiger partial charge in [-0.25, -0.2) is 0 Å². The Hall–Kier alpha value is -3.61. The molecule has 0 fully saturated rings. The highest BCUT2D eigenvalue weighted by atomic mass is 19.3. The number of alkyl halides is 2. The highest BCUT2D eigenvalue weighted by Gasteiger charge is 2.12. The van der Waals surface area contributed by atoms with Gasteiger partial charge in [0.05, 0.1) is 12.3 Å². The maximum Gasteiger partial charge on any atom is 0.387 e. The Morgan fingerprint density at radius 3 is 2.17 bits per heavy atom. The topological polar surface area (TPSA) is 56.8 Å². The standard InChI is InChI=1S/C22H19F2NO4/c1-2-27-16-11-13-17(14-12-16)28-20-6-4-3-5-19(20)25-21(26)15-7-9-18(10-8-15)29-22(23)24/h3-14,22H,2H2,1H3,(H,25,26). The van der Waals surface area contributed by atoms with E-state index in [0.717, 1.165) is 5.75 Å². The number of benzene rings is 3. The molecule has 1 amide bonds. The molecule has 0 spiro atoms. The zero-order chi connectivity index (χ0) is 20.6. The average Bonchev–Trinajstić information content (AvgIpc) is 2.71. The van der Waals surface area contributed by atoms with Crippen molar-refractivity contribution >= 4 is 11.6 Å². The summed E-state index contributed by atoms with van der Waals surface area (Å²) >= 11 is 0. The van der Waals surface area contributed by atoms with Crippen molar-refractivity contribution in [2.45, 2.75) is 13.5 Å². The van der Waals surface area contributed by atoms with Gasteiger partial charge in [-0.3, -0.25) is 4.79 Å². The minimum atomic E-state index is -2.92. The van der Waals surface area contributed by atoms with Crippen LogP contribution in [0.25, 0.3) is 0 Å². The average molecular weight is 399 g/mol. The molecule has 0 radical (unpaired) electrons. The van der Waals surface area contributed by atoms with Crippen molar-refractivity contribution in [3.8, 4) is 23.0 Å². The van der Waals surface area contributed by atoms with Crippen LogP contribution in [0.15, 0.2) is 72.8 Å². The number of ether oxygens (including phenoxy) is 3. The molecule has 0 heterocycles. The van der Waals surface area contributed by atoms with Crippen molar-refractivity contribution in [2.75, 3.05) is 11.9 Å². The van der Waals surface area contributed by atoms with E-state index in [0.29, 0.717) is 29.4 Å². The number of nitrogens with one attached hydrogen (secondary N) is 1. The summed E-state index contributed by atoms with van der Waals surface area (Å²) in [5.74, 6) is 1.36. The SMILES string of the molecule is CCOc1ccc(Oc2ccccc2NC(=O)c2ccc(OC(F)F)cc2)cc1. The predicted molar refractivity (Wildman–Crippen MR) is 105 cm³/mol. The first-order valence-corrected chi connectivity index (χ1v) is 8.91. The molecule has 3 aromatic carbocycles. The maximum atomic E-state index is 12.5. The van der Waals surface area contributed by atoms with Gasteiger partial charge < -0.3 is 19.5 Å². The van der Waals surface area contributed by atoms with Crippen LogP contribution >= 0.6 is 0 Å². The maximum absolute atomic E-state index is 12.5. The highest BCUT2D eigenvalue weighted by molar-refractivity contribution is 6.05. The molecular weight excluding hydrogens is 380 g/mol. The zero-order valence-corrected chi connectivity index (χ0v) is 15.6. The second-order valence-electron chi connectivity index (χ2n) is 5.86. The molecule has 3 aromatic rings. The van der Waals surface area contributed by atoms with Crippen molar-refractivity contribution < 1.29 is 27.8 Å². The summed E-state index contributed by atoms with van der Waals surface area (Å²) in [7, 11) is 0. The van der Waals surface area contributed by atoms with E-state index in [1.165, 1.54) is 24.3 Å². The predicted octanol–water partition coefficient (Wildman–Crippen LogP) is 5.73. The molecule has 0 saturated carbocycles. The van der Waals surface area contributed by atoms with E-state index in [2.05, 4.69) is 10.1 Å². The third kappa shape index (κ3) is 5.68. The van der Waals surface area contributed by atoms with Gasteiger partial charge in [0.1, 0.15) is 17.2 Å². The lowest BCUT2D eigenvalue weighted by Crippen LogP contribution is -2.12. The van der Waals surface area contributed by atoms with Crippen molar-refractivity contribution in [1.29, 1.82) is 0 Å². The Labute approximate surface area is 166 Å². The van der Waals surface area contributed by atoms with Gasteiger partial charge in [0, 0.05) is 5.56 Å². The first-order chi connectivity index (χ1) is 14.0. The number of halogens is 2. The molecule has 1 N–H and O–H groups in total. The van der Waals surface area contributed by atoms with E-state index in [-0.39, 0.29) is 5.75 Å². The lowest BCUT2D eigenvalue weighted by atomic mass is 10.2. The van der Waals surface area contributed by atoms with Crippen LogP contribution < -0.4 is 19.5 Å². The van der Waals surface area contributed by atoms with Crippen LogP contribution in [0.2, 0.25) is 0 Å². The van der Waals surface area contributed by atoms with Gasteiger partial charge in [-0.15, -0.1) is 0 Å². The van der Waals surface area contributed by atoms with Gasteiger partial charge >= 0.3 is 6.61 Å². The molecule has 29 heavy (non-hydrogen) atoms. The molecule has 0 bridgehead atoms. The number of anilines is 1. The van der Waals surface area contributed by atoms with E-state index in [1.807, 2.05) is 6.92 Å². The number of carbonyl (C=O) groups is 1. The van der Waals surface area contributed by atoms with Crippen LogP contribution in [0.4, 0.5) is 14.5 Å². The van der Waals surface area contributed by atoms with Crippen LogP contribution in [0, 0.1) is 0 Å². The van der Waals surface area contributed by atoms with Crippen LogP contribution in [0.1, 0.15) is 17.3 Å². The second kappa shape index (κ2) is 9.54. The summed E-state index contributed by atoms with van der Waals surface area (Å²) in [6.45, 7) is -0.436. The van der Waals surface area contributed by atoms with Crippen molar-refractivity contribution in [3.63, 3.8) is 0 Å². The van der Waals surface area contributed by atoms with Gasteiger partial charge in [0.15, 0.2) is 5.75 Å². The summed E-state index contributed by atoms with van der Waals surface area (Å²) in [6.07, 6.45) is 0. The molecule has 0 aromatic heterocycles. The molecule has 0 saturated heterocycles. The van der Waals surface area contributed by atoms with Gasteiger partial charge in [-0.2, -0.15) is 8.78 Å². The van der Waals surface area contributed by atoms with Crippen LogP contribution in [-0.2, 0) is 0 Å². The normalized spacial score (nSPS) is 10.5. The fraction of sp³-hybridized carbons (Fsp3) is 0.136. The van der Waals surface area contributed by atoms with Gasteiger partial charge in [0.25, 0.3) is 5.91 Å². The van der Waals surface area contributed by atoms with Crippen LogP contribution in [0.3, 0.4) is 0 Å². The minimum absolute atomic E-state index is 0.0178. The molecule has 0 unspecified atom stereocenters. The highest BCUT2D eigenvalue weighted by Crippen LogP contribution is 2.30. The summed E-state index contributed by atoms with van der Waals surface area (Å²) in [5, 5.41) is 2.76. The Bertz CT molecular complexity index is 944. The first-order valence-electron chi connectivity index (χ1n) is 8.91. The molecule has 7 heteroatoms. The molecule has 0 atom stereocenters. The number of amides is 1. The van der Waals surface area contributed by atoms with Crippen molar-refractivity contribution in [3.05, 3.63) is 78.4 Å². The van der Waals surface area contributed by atoms with E-state index in [4.69, 9.17) is 9.47 Å². The number of para-hydroxylation sites is 2. The Morgan fingerprint density at radius 1 is 0.897 bits per heavy atom. The summed E-state index contributed by atoms with van der Waals surface area (Å²) in [5.41, 5.74) is 0.766. The minimum Gasteiger partial charge on any atom is -0.494 e. The third-order valence-corrected chi connectivity index (χ3v) is 3.84.